The van der Waals surface area contributed by atoms with Crippen LogP contribution in [0.15, 0.2) is 24.5 Å². The number of imidazole rings is 1. The van der Waals surface area contributed by atoms with Gasteiger partial charge in [-0.15, -0.1) is 0 Å². The number of nitrogen functional groups attached to an aromatic ring is 1. The maximum atomic E-state index is 13.4. The molecule has 1 aromatic heterocycles. The van der Waals surface area contributed by atoms with Crippen molar-refractivity contribution in [2.45, 2.75) is 6.92 Å². The average molecular weight is 317 g/mol. The fraction of sp³-hybridized carbons (Fsp3) is 0.100. The molecule has 1 heterocycles. The molecule has 2 N–H and O–H groups in total. The molecule has 0 aliphatic carbocycles. The number of benzene rings is 1. The van der Waals surface area contributed by atoms with Crippen molar-refractivity contribution in [1.82, 2.24) is 9.55 Å². The van der Waals surface area contributed by atoms with Crippen LogP contribution in [0.1, 0.15) is 5.82 Å². The van der Waals surface area contributed by atoms with Gasteiger partial charge < -0.3 is 10.3 Å². The van der Waals surface area contributed by atoms with E-state index in [1.807, 2.05) is 29.5 Å². The molecule has 15 heavy (non-hydrogen) atoms. The molecule has 1 aromatic carbocycles. The van der Waals surface area contributed by atoms with Crippen LogP contribution in [-0.4, -0.2) is 9.55 Å². The Balaban J connectivity index is 2.64. The van der Waals surface area contributed by atoms with Crippen molar-refractivity contribution >= 4 is 28.3 Å². The van der Waals surface area contributed by atoms with E-state index in [1.165, 1.54) is 6.07 Å². The van der Waals surface area contributed by atoms with Gasteiger partial charge in [0, 0.05) is 18.5 Å². The van der Waals surface area contributed by atoms with E-state index in [-0.39, 0.29) is 5.82 Å². The lowest BCUT2D eigenvalue weighted by Crippen LogP contribution is -2.02. The summed E-state index contributed by atoms with van der Waals surface area (Å²) in [5.74, 6) is 0.509. The Kier molecular flexibility index (Phi) is 2.64. The highest BCUT2D eigenvalue weighted by Crippen LogP contribution is 2.23. The summed E-state index contributed by atoms with van der Waals surface area (Å²) in [4.78, 5) is 4.07. The Morgan fingerprint density at radius 3 is 2.80 bits per heavy atom. The van der Waals surface area contributed by atoms with Crippen LogP contribution >= 0.6 is 22.6 Å². The van der Waals surface area contributed by atoms with Crippen LogP contribution in [0.25, 0.3) is 5.69 Å². The van der Waals surface area contributed by atoms with Crippen molar-refractivity contribution in [1.29, 1.82) is 0 Å². The van der Waals surface area contributed by atoms with Crippen LogP contribution in [0.4, 0.5) is 10.1 Å². The maximum absolute atomic E-state index is 13.4. The van der Waals surface area contributed by atoms with E-state index in [2.05, 4.69) is 4.98 Å². The molecule has 0 amide bonds. The molecule has 78 valence electrons. The molecule has 0 aliphatic rings. The van der Waals surface area contributed by atoms with E-state index in [1.54, 1.807) is 23.0 Å². The molecule has 3 nitrogen and oxygen atoms in total. The predicted octanol–water partition coefficient (Wildman–Crippen LogP) is 2.51. The van der Waals surface area contributed by atoms with Crippen molar-refractivity contribution in [2.24, 2.45) is 0 Å². The van der Waals surface area contributed by atoms with Gasteiger partial charge in [0.15, 0.2) is 0 Å². The van der Waals surface area contributed by atoms with Gasteiger partial charge in [0.05, 0.1) is 14.9 Å². The summed E-state index contributed by atoms with van der Waals surface area (Å²) < 4.78 is 15.7. The van der Waals surface area contributed by atoms with Gasteiger partial charge in [-0.25, -0.2) is 9.37 Å². The molecule has 2 rings (SSSR count). The molecular weight excluding hydrogens is 308 g/mol. The molecule has 0 saturated carbocycles. The summed E-state index contributed by atoms with van der Waals surface area (Å²) in [6.07, 6.45) is 3.41. The molecule has 5 heteroatoms. The minimum Gasteiger partial charge on any atom is -0.397 e. The van der Waals surface area contributed by atoms with Crippen molar-refractivity contribution in [3.05, 3.63) is 39.7 Å². The highest BCUT2D eigenvalue weighted by atomic mass is 127. The smallest absolute Gasteiger partial charge is 0.138 e. The second-order valence-electron chi connectivity index (χ2n) is 3.17. The third-order valence-corrected chi connectivity index (χ3v) is 2.98. The molecule has 0 spiro atoms. The van der Waals surface area contributed by atoms with Gasteiger partial charge in [-0.1, -0.05) is 0 Å². The SMILES string of the molecule is Cc1nccn1-c1cc(F)c(I)cc1N. The highest BCUT2D eigenvalue weighted by molar-refractivity contribution is 14.1. The number of hydrogen-bond acceptors (Lipinski definition) is 2. The summed E-state index contributed by atoms with van der Waals surface area (Å²) in [5, 5.41) is 0. The third kappa shape index (κ3) is 1.83. The van der Waals surface area contributed by atoms with Crippen molar-refractivity contribution in [2.75, 3.05) is 5.73 Å². The summed E-state index contributed by atoms with van der Waals surface area (Å²) in [6.45, 7) is 1.84. The Morgan fingerprint density at radius 2 is 2.20 bits per heavy atom. The first kappa shape index (κ1) is 10.4. The standard InChI is InChI=1S/C10H9FIN3/c1-6-14-2-3-15(6)10-4-7(11)8(12)5-9(10)13/h2-5H,13H2,1H3. The van der Waals surface area contributed by atoms with Gasteiger partial charge in [0.1, 0.15) is 11.6 Å². The fourth-order valence-corrected chi connectivity index (χ4v) is 1.88. The van der Waals surface area contributed by atoms with Gasteiger partial charge in [0.2, 0.25) is 0 Å². The Hall–Kier alpha value is -1.11. The number of aryl methyl sites for hydroxylation is 1. The lowest BCUT2D eigenvalue weighted by molar-refractivity contribution is 0.619. The van der Waals surface area contributed by atoms with Gasteiger partial charge in [-0.3, -0.25) is 0 Å². The van der Waals surface area contributed by atoms with Crippen LogP contribution in [-0.2, 0) is 0 Å². The molecule has 0 atom stereocenters. The summed E-state index contributed by atoms with van der Waals surface area (Å²) in [5.41, 5.74) is 7.00. The zero-order chi connectivity index (χ0) is 11.0. The largest absolute Gasteiger partial charge is 0.397 e. The Labute approximate surface area is 100 Å². The van der Waals surface area contributed by atoms with Crippen LogP contribution < -0.4 is 5.73 Å². The van der Waals surface area contributed by atoms with Gasteiger partial charge in [-0.05, 0) is 35.6 Å². The number of hydrogen-bond donors (Lipinski definition) is 1. The van der Waals surface area contributed by atoms with Crippen LogP contribution in [0.2, 0.25) is 0 Å². The monoisotopic (exact) mass is 317 g/mol. The number of anilines is 1. The number of nitrogens with zero attached hydrogens (tertiary/aromatic N) is 2. The minimum absolute atomic E-state index is 0.270. The predicted molar refractivity (Wildman–Crippen MR) is 65.4 cm³/mol. The first-order chi connectivity index (χ1) is 7.09. The second kappa shape index (κ2) is 3.80. The topological polar surface area (TPSA) is 43.8 Å². The van der Waals surface area contributed by atoms with Crippen LogP contribution in [0.3, 0.4) is 0 Å². The van der Waals surface area contributed by atoms with Gasteiger partial charge in [0.25, 0.3) is 0 Å². The van der Waals surface area contributed by atoms with Gasteiger partial charge >= 0.3 is 0 Å². The van der Waals surface area contributed by atoms with E-state index in [9.17, 15) is 4.39 Å². The lowest BCUT2D eigenvalue weighted by Gasteiger charge is -2.09. The van der Waals surface area contributed by atoms with Crippen molar-refractivity contribution in [3.63, 3.8) is 0 Å². The molecular formula is C10H9FIN3. The molecule has 0 unspecified atom stereocenters. The third-order valence-electron chi connectivity index (χ3n) is 2.15. The van der Waals surface area contributed by atoms with Gasteiger partial charge in [-0.2, -0.15) is 0 Å². The number of halogens is 2. The number of rotatable bonds is 1. The Bertz CT molecular complexity index is 507. The quantitative estimate of drug-likeness (QED) is 0.649. The molecule has 0 saturated heterocycles. The normalized spacial score (nSPS) is 10.6. The van der Waals surface area contributed by atoms with E-state index in [0.717, 1.165) is 5.82 Å². The average Bonchev–Trinajstić information content (AvgIpc) is 2.58. The molecule has 0 radical (unpaired) electrons. The maximum Gasteiger partial charge on any atom is 0.138 e. The highest BCUT2D eigenvalue weighted by Gasteiger charge is 2.08. The van der Waals surface area contributed by atoms with E-state index in [4.69, 9.17) is 5.73 Å². The zero-order valence-corrected chi connectivity index (χ0v) is 10.2. The number of nitrogens with two attached hydrogens (primary N) is 1. The molecule has 2 aromatic rings. The second-order valence-corrected chi connectivity index (χ2v) is 4.33. The lowest BCUT2D eigenvalue weighted by atomic mass is 10.2. The first-order valence-electron chi connectivity index (χ1n) is 4.34. The first-order valence-corrected chi connectivity index (χ1v) is 5.42. The summed E-state index contributed by atoms with van der Waals surface area (Å²) in [7, 11) is 0. The van der Waals surface area contributed by atoms with E-state index < -0.39 is 0 Å². The molecule has 0 fully saturated rings. The number of aromatic nitrogens is 2. The summed E-state index contributed by atoms with van der Waals surface area (Å²) >= 11 is 1.91. The Morgan fingerprint density at radius 1 is 1.47 bits per heavy atom. The fourth-order valence-electron chi connectivity index (χ4n) is 1.39. The van der Waals surface area contributed by atoms with Crippen LogP contribution in [0.5, 0.6) is 0 Å². The van der Waals surface area contributed by atoms with Crippen LogP contribution in [0, 0.1) is 16.3 Å². The minimum atomic E-state index is -0.270. The van der Waals surface area contributed by atoms with Crippen molar-refractivity contribution in [3.8, 4) is 5.69 Å². The zero-order valence-electron chi connectivity index (χ0n) is 8.04. The molecule has 0 bridgehead atoms. The summed E-state index contributed by atoms with van der Waals surface area (Å²) in [6, 6.07) is 3.04. The van der Waals surface area contributed by atoms with E-state index in [0.29, 0.717) is 14.9 Å². The molecule has 0 aliphatic heterocycles. The van der Waals surface area contributed by atoms with Crippen molar-refractivity contribution < 1.29 is 4.39 Å². The van der Waals surface area contributed by atoms with E-state index >= 15 is 0 Å².